The van der Waals surface area contributed by atoms with Gasteiger partial charge >= 0.3 is 0 Å². The average Bonchev–Trinajstić information content (AvgIpc) is 2.49. The van der Waals surface area contributed by atoms with Crippen LogP contribution in [0, 0.1) is 5.92 Å². The normalized spacial score (nSPS) is 13.6. The summed E-state index contributed by atoms with van der Waals surface area (Å²) in [6, 6.07) is 13.3. The Balaban J connectivity index is 2.17. The molecule has 0 radical (unpaired) electrons. The molecule has 1 aromatic carbocycles. The first-order valence-electron chi connectivity index (χ1n) is 7.18. The van der Waals surface area contributed by atoms with Gasteiger partial charge in [0.25, 0.3) is 0 Å². The van der Waals surface area contributed by atoms with Crippen LogP contribution < -0.4 is 10.2 Å². The minimum absolute atomic E-state index is 0.0230. The van der Waals surface area contributed by atoms with E-state index < -0.39 is 0 Å². The van der Waals surface area contributed by atoms with E-state index in [-0.39, 0.29) is 11.5 Å². The van der Waals surface area contributed by atoms with E-state index in [1.165, 1.54) is 17.7 Å². The van der Waals surface area contributed by atoms with Crippen molar-refractivity contribution < 1.29 is 4.74 Å². The lowest BCUT2D eigenvalue weighted by atomic mass is 9.95. The molecule has 0 amide bonds. The number of pyridine rings is 1. The summed E-state index contributed by atoms with van der Waals surface area (Å²) in [6.07, 6.45) is 3.48. The van der Waals surface area contributed by atoms with Crippen molar-refractivity contribution in [2.75, 3.05) is 5.33 Å². The highest BCUT2D eigenvalue weighted by atomic mass is 79.9. The van der Waals surface area contributed by atoms with Crippen molar-refractivity contribution in [3.63, 3.8) is 0 Å². The van der Waals surface area contributed by atoms with Gasteiger partial charge in [0.2, 0.25) is 0 Å². The zero-order valence-corrected chi connectivity index (χ0v) is 13.7. The van der Waals surface area contributed by atoms with E-state index in [9.17, 15) is 4.79 Å². The summed E-state index contributed by atoms with van der Waals surface area (Å²) >= 11 is 3.57. The van der Waals surface area contributed by atoms with Gasteiger partial charge in [-0.2, -0.15) is 0 Å². The summed E-state index contributed by atoms with van der Waals surface area (Å²) < 4.78 is 6.06. The highest BCUT2D eigenvalue weighted by molar-refractivity contribution is 9.09. The van der Waals surface area contributed by atoms with E-state index in [2.05, 4.69) is 40.0 Å². The Bertz CT molecular complexity index is 593. The second-order valence-electron chi connectivity index (χ2n) is 5.06. The smallest absolute Gasteiger partial charge is 0.194 e. The van der Waals surface area contributed by atoms with Gasteiger partial charge in [-0.25, -0.2) is 0 Å². The highest BCUT2D eigenvalue weighted by Gasteiger charge is 2.21. The van der Waals surface area contributed by atoms with Crippen LogP contribution in [-0.4, -0.2) is 16.4 Å². The summed E-state index contributed by atoms with van der Waals surface area (Å²) in [7, 11) is 0. The Labute approximate surface area is 133 Å². The van der Waals surface area contributed by atoms with Crippen LogP contribution in [0.25, 0.3) is 0 Å². The summed E-state index contributed by atoms with van der Waals surface area (Å²) in [4.78, 5) is 14.4. The molecular weight excluding hydrogens is 330 g/mol. The number of benzene rings is 1. The molecule has 0 aliphatic heterocycles. The number of H-pyrrole nitrogens is 1. The summed E-state index contributed by atoms with van der Waals surface area (Å²) in [6.45, 7) is 2.15. The maximum atomic E-state index is 11.4. The molecular formula is C17H20BrNO2. The van der Waals surface area contributed by atoms with E-state index >= 15 is 0 Å². The van der Waals surface area contributed by atoms with Crippen LogP contribution in [0.2, 0.25) is 0 Å². The predicted octanol–water partition coefficient (Wildman–Crippen LogP) is 3.79. The number of aromatic amines is 1. The first-order chi connectivity index (χ1) is 10.2. The molecule has 0 fully saturated rings. The molecule has 0 saturated heterocycles. The molecule has 0 saturated carbocycles. The summed E-state index contributed by atoms with van der Waals surface area (Å²) in [5.74, 6) is 0.914. The largest absolute Gasteiger partial charge is 0.475 e. The summed E-state index contributed by atoms with van der Waals surface area (Å²) in [5.41, 5.74) is 1.19. The standard InChI is InChI=1S/C17H20BrNO2/c1-2-14(12-18)16(10-13-6-4-3-5-7-13)21-17-11-15(20)8-9-19-17/h3-9,11,14,16H,2,10,12H2,1H3,(H,19,20). The fraction of sp³-hybridized carbons (Fsp3) is 0.353. The molecule has 1 heterocycles. The highest BCUT2D eigenvalue weighted by Crippen LogP contribution is 2.21. The molecule has 4 heteroatoms. The molecule has 2 atom stereocenters. The molecule has 2 rings (SSSR count). The fourth-order valence-corrected chi connectivity index (χ4v) is 3.15. The van der Waals surface area contributed by atoms with E-state index in [1.54, 1.807) is 6.20 Å². The number of rotatable bonds is 7. The second-order valence-corrected chi connectivity index (χ2v) is 5.70. The van der Waals surface area contributed by atoms with Crippen molar-refractivity contribution in [2.24, 2.45) is 5.92 Å². The number of alkyl halides is 1. The lowest BCUT2D eigenvalue weighted by molar-refractivity contribution is 0.136. The van der Waals surface area contributed by atoms with E-state index in [0.29, 0.717) is 11.8 Å². The van der Waals surface area contributed by atoms with Gasteiger partial charge in [0.05, 0.1) is 0 Å². The van der Waals surface area contributed by atoms with Crippen molar-refractivity contribution in [2.45, 2.75) is 25.9 Å². The third kappa shape index (κ3) is 4.74. The van der Waals surface area contributed by atoms with Gasteiger partial charge in [0.1, 0.15) is 6.10 Å². The zero-order valence-electron chi connectivity index (χ0n) is 12.1. The first-order valence-corrected chi connectivity index (χ1v) is 8.30. The van der Waals surface area contributed by atoms with Gasteiger partial charge in [-0.15, -0.1) is 0 Å². The number of halogens is 1. The average molecular weight is 350 g/mol. The van der Waals surface area contributed by atoms with Crippen molar-refractivity contribution in [1.82, 2.24) is 4.98 Å². The van der Waals surface area contributed by atoms with Crippen molar-refractivity contribution >= 4 is 15.9 Å². The molecule has 2 unspecified atom stereocenters. The Kier molecular flexibility index (Phi) is 6.05. The number of aromatic nitrogens is 1. The quantitative estimate of drug-likeness (QED) is 0.772. The molecule has 0 aliphatic rings. The monoisotopic (exact) mass is 349 g/mol. The minimum Gasteiger partial charge on any atom is -0.475 e. The first kappa shape index (κ1) is 15.8. The van der Waals surface area contributed by atoms with Gasteiger partial charge in [-0.05, 0) is 12.0 Å². The fourth-order valence-electron chi connectivity index (χ4n) is 2.28. The van der Waals surface area contributed by atoms with Crippen LogP contribution in [0.5, 0.6) is 5.88 Å². The van der Waals surface area contributed by atoms with E-state index in [0.717, 1.165) is 18.2 Å². The van der Waals surface area contributed by atoms with Crippen LogP contribution in [-0.2, 0) is 6.42 Å². The molecule has 112 valence electrons. The predicted molar refractivity (Wildman–Crippen MR) is 89.2 cm³/mol. The molecule has 3 nitrogen and oxygen atoms in total. The third-order valence-corrected chi connectivity index (χ3v) is 4.38. The van der Waals surface area contributed by atoms with Gasteiger partial charge < -0.3 is 9.72 Å². The lowest BCUT2D eigenvalue weighted by Gasteiger charge is -2.25. The van der Waals surface area contributed by atoms with E-state index in [4.69, 9.17) is 4.74 Å². The van der Waals surface area contributed by atoms with Gasteiger partial charge in [-0.3, -0.25) is 4.79 Å². The topological polar surface area (TPSA) is 42.1 Å². The van der Waals surface area contributed by atoms with Gasteiger partial charge in [0.15, 0.2) is 11.3 Å². The Morgan fingerprint density at radius 2 is 2.00 bits per heavy atom. The molecule has 0 spiro atoms. The number of hydrogen-bond donors (Lipinski definition) is 1. The molecule has 1 aromatic heterocycles. The van der Waals surface area contributed by atoms with Crippen LogP contribution in [0.3, 0.4) is 0 Å². The van der Waals surface area contributed by atoms with Crippen LogP contribution in [0.4, 0.5) is 0 Å². The van der Waals surface area contributed by atoms with Gasteiger partial charge in [-0.1, -0.05) is 53.2 Å². The maximum absolute atomic E-state index is 11.4. The Morgan fingerprint density at radius 1 is 1.24 bits per heavy atom. The van der Waals surface area contributed by atoms with Crippen molar-refractivity contribution in [3.8, 4) is 5.88 Å². The molecule has 21 heavy (non-hydrogen) atoms. The zero-order chi connectivity index (χ0) is 15.1. The Morgan fingerprint density at radius 3 is 2.62 bits per heavy atom. The number of ether oxygens (including phenoxy) is 1. The Hall–Kier alpha value is -1.55. The van der Waals surface area contributed by atoms with Crippen LogP contribution in [0.15, 0.2) is 53.5 Å². The number of hydrogen-bond acceptors (Lipinski definition) is 2. The summed E-state index contributed by atoms with van der Waals surface area (Å²) in [5, 5.41) is 0.873. The lowest BCUT2D eigenvalue weighted by Crippen LogP contribution is -2.30. The van der Waals surface area contributed by atoms with Crippen LogP contribution >= 0.6 is 15.9 Å². The SMILES string of the molecule is CCC(CBr)C(Cc1ccccc1)Oc1cc(=O)cc[nH]1. The molecule has 2 aromatic rings. The van der Waals surface area contributed by atoms with Crippen molar-refractivity contribution in [3.05, 3.63) is 64.4 Å². The van der Waals surface area contributed by atoms with Crippen LogP contribution in [0.1, 0.15) is 18.9 Å². The van der Waals surface area contributed by atoms with Crippen molar-refractivity contribution in [1.29, 1.82) is 0 Å². The molecule has 0 aliphatic carbocycles. The molecule has 0 bridgehead atoms. The van der Waals surface area contributed by atoms with Gasteiger partial charge in [0, 0.05) is 36.0 Å². The minimum atomic E-state index is -0.0471. The maximum Gasteiger partial charge on any atom is 0.194 e. The van der Waals surface area contributed by atoms with E-state index in [1.807, 2.05) is 18.2 Å². The third-order valence-electron chi connectivity index (χ3n) is 3.55. The second kappa shape index (κ2) is 8.03. The number of nitrogens with one attached hydrogen (secondary N) is 1. The molecule has 1 N–H and O–H groups in total.